The highest BCUT2D eigenvalue weighted by Crippen LogP contribution is 2.29. The number of benzene rings is 2. The number of rotatable bonds is 6. The number of thiazole rings is 1. The van der Waals surface area contributed by atoms with Crippen LogP contribution in [-0.2, 0) is 9.53 Å². The number of ether oxygens (including phenoxy) is 1. The monoisotopic (exact) mass is 356 g/mol. The minimum Gasteiger partial charge on any atom is -0.466 e. The van der Waals surface area contributed by atoms with Crippen LogP contribution in [0.4, 0.5) is 10.8 Å². The zero-order chi connectivity index (χ0) is 17.8. The third-order valence-electron chi connectivity index (χ3n) is 3.93. The number of fused-ring (bicyclic) bond motifs is 1. The fourth-order valence-electron chi connectivity index (χ4n) is 2.50. The molecule has 0 radical (unpaired) electrons. The van der Waals surface area contributed by atoms with Crippen molar-refractivity contribution >= 4 is 38.3 Å². The van der Waals surface area contributed by atoms with Crippen molar-refractivity contribution in [3.63, 3.8) is 0 Å². The topological polar surface area (TPSA) is 71.5 Å². The van der Waals surface area contributed by atoms with E-state index >= 15 is 0 Å². The minimum atomic E-state index is -0.893. The lowest BCUT2D eigenvalue weighted by molar-refractivity contribution is -0.151. The molecule has 0 fully saturated rings. The molecule has 2 atom stereocenters. The Bertz CT molecular complexity index is 827. The van der Waals surface area contributed by atoms with Crippen LogP contribution < -0.4 is 5.32 Å². The van der Waals surface area contributed by atoms with Crippen LogP contribution in [0.25, 0.3) is 10.2 Å². The van der Waals surface area contributed by atoms with E-state index < -0.39 is 18.0 Å². The Morgan fingerprint density at radius 3 is 2.64 bits per heavy atom. The van der Waals surface area contributed by atoms with Crippen LogP contribution in [0.3, 0.4) is 0 Å². The summed E-state index contributed by atoms with van der Waals surface area (Å²) in [5.41, 5.74) is 2.51. The maximum atomic E-state index is 11.7. The number of carbonyl (C=O) groups is 1. The van der Waals surface area contributed by atoms with Crippen LogP contribution in [0.1, 0.15) is 25.5 Å². The Kier molecular flexibility index (Phi) is 5.31. The zero-order valence-electron chi connectivity index (χ0n) is 14.1. The summed E-state index contributed by atoms with van der Waals surface area (Å²) in [7, 11) is 0. The van der Waals surface area contributed by atoms with Gasteiger partial charge in [-0.3, -0.25) is 4.79 Å². The van der Waals surface area contributed by atoms with E-state index in [1.807, 2.05) is 36.4 Å². The first kappa shape index (κ1) is 17.4. The highest BCUT2D eigenvalue weighted by atomic mass is 32.1. The fourth-order valence-corrected chi connectivity index (χ4v) is 3.39. The van der Waals surface area contributed by atoms with Gasteiger partial charge in [-0.1, -0.05) is 35.6 Å². The predicted octanol–water partition coefficient (Wildman–Crippen LogP) is 4.27. The summed E-state index contributed by atoms with van der Waals surface area (Å²) in [6, 6.07) is 15.3. The van der Waals surface area contributed by atoms with Gasteiger partial charge in [0.25, 0.3) is 0 Å². The number of anilines is 2. The molecule has 2 N–H and O–H groups in total. The van der Waals surface area contributed by atoms with Crippen molar-refractivity contribution in [2.75, 3.05) is 11.9 Å². The first-order chi connectivity index (χ1) is 12.1. The van der Waals surface area contributed by atoms with E-state index in [2.05, 4.69) is 10.3 Å². The molecule has 2 unspecified atom stereocenters. The number of hydrogen-bond acceptors (Lipinski definition) is 6. The van der Waals surface area contributed by atoms with Crippen molar-refractivity contribution in [3.8, 4) is 0 Å². The van der Waals surface area contributed by atoms with Gasteiger partial charge in [-0.25, -0.2) is 4.98 Å². The van der Waals surface area contributed by atoms with Gasteiger partial charge in [-0.15, -0.1) is 0 Å². The highest BCUT2D eigenvalue weighted by Gasteiger charge is 2.24. The molecule has 0 aliphatic carbocycles. The van der Waals surface area contributed by atoms with E-state index in [4.69, 9.17) is 4.74 Å². The molecule has 0 saturated carbocycles. The molecule has 1 aromatic heterocycles. The van der Waals surface area contributed by atoms with Gasteiger partial charge in [0.1, 0.15) is 0 Å². The van der Waals surface area contributed by atoms with Gasteiger partial charge in [0, 0.05) is 5.69 Å². The number of carbonyl (C=O) groups excluding carboxylic acids is 1. The molecule has 0 saturated heterocycles. The average molecular weight is 356 g/mol. The molecule has 0 aliphatic heterocycles. The van der Waals surface area contributed by atoms with Gasteiger partial charge in [0.05, 0.1) is 28.8 Å². The number of aliphatic hydroxyl groups is 1. The van der Waals surface area contributed by atoms with E-state index in [1.165, 1.54) is 0 Å². The van der Waals surface area contributed by atoms with E-state index in [0.717, 1.165) is 21.0 Å². The number of nitrogens with zero attached hydrogens (tertiary/aromatic N) is 1. The van der Waals surface area contributed by atoms with Gasteiger partial charge in [0.2, 0.25) is 0 Å². The number of hydrogen-bond donors (Lipinski definition) is 2. The van der Waals surface area contributed by atoms with Crippen molar-refractivity contribution in [3.05, 3.63) is 54.1 Å². The lowest BCUT2D eigenvalue weighted by Gasteiger charge is -2.18. The summed E-state index contributed by atoms with van der Waals surface area (Å²) in [5, 5.41) is 14.4. The van der Waals surface area contributed by atoms with Crippen LogP contribution >= 0.6 is 11.3 Å². The molecule has 0 spiro atoms. The highest BCUT2D eigenvalue weighted by molar-refractivity contribution is 7.22. The Morgan fingerprint density at radius 1 is 1.24 bits per heavy atom. The molecule has 0 amide bonds. The Labute approximate surface area is 150 Å². The molecule has 3 aromatic rings. The van der Waals surface area contributed by atoms with Gasteiger partial charge in [-0.2, -0.15) is 0 Å². The third kappa shape index (κ3) is 3.97. The molecular weight excluding hydrogens is 336 g/mol. The van der Waals surface area contributed by atoms with Crippen molar-refractivity contribution in [2.45, 2.75) is 20.0 Å². The van der Waals surface area contributed by atoms with Gasteiger partial charge in [-0.05, 0) is 43.7 Å². The van der Waals surface area contributed by atoms with E-state index in [-0.39, 0.29) is 0 Å². The molecular formula is C19H20N2O3S. The molecule has 25 heavy (non-hydrogen) atoms. The summed E-state index contributed by atoms with van der Waals surface area (Å²) in [4.78, 5) is 16.3. The predicted molar refractivity (Wildman–Crippen MR) is 100 cm³/mol. The van der Waals surface area contributed by atoms with Crippen LogP contribution in [0.5, 0.6) is 0 Å². The van der Waals surface area contributed by atoms with Crippen molar-refractivity contribution in [1.29, 1.82) is 0 Å². The quantitative estimate of drug-likeness (QED) is 0.645. The zero-order valence-corrected chi connectivity index (χ0v) is 14.9. The minimum absolute atomic E-state index is 0.306. The van der Waals surface area contributed by atoms with E-state index in [9.17, 15) is 9.90 Å². The second kappa shape index (κ2) is 7.63. The second-order valence-electron chi connectivity index (χ2n) is 5.72. The van der Waals surface area contributed by atoms with Crippen LogP contribution in [0, 0.1) is 5.92 Å². The number of esters is 1. The standard InChI is InChI=1S/C19H20N2O3S/c1-3-24-18(23)12(2)17(22)13-8-10-14(11-9-13)20-19-21-15-6-4-5-7-16(15)25-19/h4-12,17,22H,3H2,1-2H3,(H,20,21). The maximum absolute atomic E-state index is 11.7. The molecule has 1 heterocycles. The van der Waals surface area contributed by atoms with E-state index in [0.29, 0.717) is 12.2 Å². The fraction of sp³-hybridized carbons (Fsp3) is 0.263. The van der Waals surface area contributed by atoms with Gasteiger partial charge >= 0.3 is 5.97 Å². The van der Waals surface area contributed by atoms with Crippen LogP contribution in [0.2, 0.25) is 0 Å². The number of aliphatic hydroxyl groups excluding tert-OH is 1. The average Bonchev–Trinajstić information content (AvgIpc) is 3.03. The molecule has 3 rings (SSSR count). The van der Waals surface area contributed by atoms with Crippen molar-refractivity contribution < 1.29 is 14.6 Å². The van der Waals surface area contributed by atoms with E-state index in [1.54, 1.807) is 37.3 Å². The van der Waals surface area contributed by atoms with Gasteiger partial charge < -0.3 is 15.2 Å². The molecule has 5 nitrogen and oxygen atoms in total. The molecule has 2 aromatic carbocycles. The van der Waals surface area contributed by atoms with Gasteiger partial charge in [0.15, 0.2) is 5.13 Å². The summed E-state index contributed by atoms with van der Waals surface area (Å²) >= 11 is 1.58. The lowest BCUT2D eigenvalue weighted by atomic mass is 9.97. The Balaban J connectivity index is 1.70. The SMILES string of the molecule is CCOC(=O)C(C)C(O)c1ccc(Nc2nc3ccccc3s2)cc1. The largest absolute Gasteiger partial charge is 0.466 e. The van der Waals surface area contributed by atoms with Crippen LogP contribution in [0.15, 0.2) is 48.5 Å². The Morgan fingerprint density at radius 2 is 1.96 bits per heavy atom. The number of aromatic nitrogens is 1. The Hall–Kier alpha value is -2.44. The molecule has 130 valence electrons. The first-order valence-electron chi connectivity index (χ1n) is 8.15. The molecule has 6 heteroatoms. The third-order valence-corrected chi connectivity index (χ3v) is 4.88. The molecule has 0 aliphatic rings. The van der Waals surface area contributed by atoms with Crippen LogP contribution in [-0.4, -0.2) is 22.7 Å². The van der Waals surface area contributed by atoms with Crippen molar-refractivity contribution in [1.82, 2.24) is 4.98 Å². The summed E-state index contributed by atoms with van der Waals surface area (Å²) in [6.07, 6.45) is -0.893. The van der Waals surface area contributed by atoms with Crippen molar-refractivity contribution in [2.24, 2.45) is 5.92 Å². The molecule has 0 bridgehead atoms. The summed E-state index contributed by atoms with van der Waals surface area (Å²) < 4.78 is 6.08. The summed E-state index contributed by atoms with van der Waals surface area (Å²) in [6.45, 7) is 3.72. The number of para-hydroxylation sites is 1. The maximum Gasteiger partial charge on any atom is 0.311 e. The smallest absolute Gasteiger partial charge is 0.311 e. The normalized spacial score (nSPS) is 13.4. The number of nitrogens with one attached hydrogen (secondary N) is 1. The summed E-state index contributed by atoms with van der Waals surface area (Å²) in [5.74, 6) is -1.00. The second-order valence-corrected chi connectivity index (χ2v) is 6.75. The lowest BCUT2D eigenvalue weighted by Crippen LogP contribution is -2.21. The first-order valence-corrected chi connectivity index (χ1v) is 8.97.